The number of carbonyl (C=O) groups is 3. The molecule has 1 heterocycles. The summed E-state index contributed by atoms with van der Waals surface area (Å²) in [5.41, 5.74) is 1.85. The lowest BCUT2D eigenvalue weighted by Crippen LogP contribution is -2.37. The summed E-state index contributed by atoms with van der Waals surface area (Å²) in [6.07, 6.45) is -0.164. The van der Waals surface area contributed by atoms with E-state index in [1.54, 1.807) is 74.9 Å². The second-order valence-electron chi connectivity index (χ2n) is 7.76. The molecule has 4 amide bonds. The molecule has 1 N–H and O–H groups in total. The zero-order valence-electron chi connectivity index (χ0n) is 18.9. The van der Waals surface area contributed by atoms with E-state index in [9.17, 15) is 14.4 Å². The fourth-order valence-corrected chi connectivity index (χ4v) is 3.82. The number of nitrogens with one attached hydrogen (secondary N) is 1. The van der Waals surface area contributed by atoms with Crippen LogP contribution >= 0.6 is 0 Å². The van der Waals surface area contributed by atoms with Crippen molar-refractivity contribution < 1.29 is 23.9 Å². The number of anilines is 2. The summed E-state index contributed by atoms with van der Waals surface area (Å²) in [5.74, 6) is 0.489. The van der Waals surface area contributed by atoms with Crippen molar-refractivity contribution in [2.45, 2.75) is 19.0 Å². The van der Waals surface area contributed by atoms with Crippen molar-refractivity contribution in [3.8, 4) is 11.5 Å². The molecular formula is C26H25N3O5. The van der Waals surface area contributed by atoms with Crippen LogP contribution in [0.25, 0.3) is 0 Å². The van der Waals surface area contributed by atoms with Crippen LogP contribution in [0.2, 0.25) is 0 Å². The van der Waals surface area contributed by atoms with E-state index < -0.39 is 18.0 Å². The summed E-state index contributed by atoms with van der Waals surface area (Å²) in [4.78, 5) is 42.1. The highest BCUT2D eigenvalue weighted by Gasteiger charge is 2.46. The van der Waals surface area contributed by atoms with Crippen molar-refractivity contribution in [1.29, 1.82) is 0 Å². The van der Waals surface area contributed by atoms with E-state index in [1.807, 2.05) is 18.2 Å². The molecule has 1 atom stereocenters. The number of ether oxygens (including phenoxy) is 2. The smallest absolute Gasteiger partial charge is 0.332 e. The normalized spacial score (nSPS) is 15.4. The number of hydrogen-bond donors (Lipinski definition) is 1. The summed E-state index contributed by atoms with van der Waals surface area (Å²) in [6.45, 7) is 0.171. The molecule has 1 fully saturated rings. The van der Waals surface area contributed by atoms with Crippen LogP contribution in [-0.4, -0.2) is 43.0 Å². The van der Waals surface area contributed by atoms with Crippen LogP contribution in [0.5, 0.6) is 11.5 Å². The van der Waals surface area contributed by atoms with E-state index in [2.05, 4.69) is 5.32 Å². The SMILES string of the molecule is COc1ccc(CN2C(=O)N(c3ccc(OC)cc3)C(=O)[C@H]2CC(=O)Nc2ccccc2)cc1. The van der Waals surface area contributed by atoms with Crippen molar-refractivity contribution in [1.82, 2.24) is 4.90 Å². The van der Waals surface area contributed by atoms with Crippen LogP contribution in [0.1, 0.15) is 12.0 Å². The second kappa shape index (κ2) is 10.1. The molecule has 0 bridgehead atoms. The third-order valence-corrected chi connectivity index (χ3v) is 5.60. The summed E-state index contributed by atoms with van der Waals surface area (Å²) >= 11 is 0. The maximum atomic E-state index is 13.4. The predicted molar refractivity (Wildman–Crippen MR) is 128 cm³/mol. The summed E-state index contributed by atoms with van der Waals surface area (Å²) in [6, 6.07) is 21.4. The number of rotatable bonds is 8. The number of urea groups is 1. The lowest BCUT2D eigenvalue weighted by Gasteiger charge is -2.22. The van der Waals surface area contributed by atoms with Crippen LogP contribution in [0.3, 0.4) is 0 Å². The Morgan fingerprint density at radius 1 is 0.853 bits per heavy atom. The number of nitrogens with zero attached hydrogens (tertiary/aromatic N) is 2. The first-order valence-electron chi connectivity index (χ1n) is 10.8. The molecule has 1 aliphatic heterocycles. The van der Waals surface area contributed by atoms with E-state index in [-0.39, 0.29) is 18.9 Å². The standard InChI is InChI=1S/C26H25N3O5/c1-33-21-12-8-18(9-13-21)17-28-23(16-24(30)27-19-6-4-3-5-7-19)25(31)29(26(28)32)20-10-14-22(34-2)15-11-20/h3-15,23H,16-17H2,1-2H3,(H,27,30)/t23-/m1/s1. The van der Waals surface area contributed by atoms with Gasteiger partial charge in [-0.3, -0.25) is 9.59 Å². The van der Waals surface area contributed by atoms with Crippen LogP contribution in [-0.2, 0) is 16.1 Å². The van der Waals surface area contributed by atoms with Gasteiger partial charge in [0.25, 0.3) is 5.91 Å². The van der Waals surface area contributed by atoms with Crippen molar-refractivity contribution in [3.63, 3.8) is 0 Å². The molecular weight excluding hydrogens is 434 g/mol. The van der Waals surface area contributed by atoms with Gasteiger partial charge in [0.1, 0.15) is 17.5 Å². The van der Waals surface area contributed by atoms with E-state index in [0.29, 0.717) is 22.9 Å². The molecule has 4 rings (SSSR count). The second-order valence-corrected chi connectivity index (χ2v) is 7.76. The van der Waals surface area contributed by atoms with Gasteiger partial charge in [-0.2, -0.15) is 0 Å². The third kappa shape index (κ3) is 4.85. The summed E-state index contributed by atoms with van der Waals surface area (Å²) in [7, 11) is 3.12. The average molecular weight is 460 g/mol. The van der Waals surface area contributed by atoms with E-state index in [0.717, 1.165) is 10.5 Å². The minimum atomic E-state index is -0.944. The number of carbonyl (C=O) groups excluding carboxylic acids is 3. The van der Waals surface area contributed by atoms with Crippen molar-refractivity contribution >= 4 is 29.2 Å². The molecule has 1 saturated heterocycles. The molecule has 8 nitrogen and oxygen atoms in total. The largest absolute Gasteiger partial charge is 0.497 e. The van der Waals surface area contributed by atoms with Crippen LogP contribution in [0, 0.1) is 0 Å². The van der Waals surface area contributed by atoms with Gasteiger partial charge in [0.05, 0.1) is 26.3 Å². The number of benzene rings is 3. The average Bonchev–Trinajstić information content (AvgIpc) is 3.09. The minimum absolute atomic E-state index is 0.164. The lowest BCUT2D eigenvalue weighted by molar-refractivity contribution is -0.124. The van der Waals surface area contributed by atoms with Crippen molar-refractivity contribution in [2.24, 2.45) is 0 Å². The van der Waals surface area contributed by atoms with Gasteiger partial charge in [0, 0.05) is 12.2 Å². The molecule has 0 spiro atoms. The van der Waals surface area contributed by atoms with E-state index in [4.69, 9.17) is 9.47 Å². The first-order valence-corrected chi connectivity index (χ1v) is 10.8. The Morgan fingerprint density at radius 2 is 1.44 bits per heavy atom. The molecule has 0 aliphatic carbocycles. The quantitative estimate of drug-likeness (QED) is 0.513. The lowest BCUT2D eigenvalue weighted by atomic mass is 10.1. The molecule has 34 heavy (non-hydrogen) atoms. The van der Waals surface area contributed by atoms with Gasteiger partial charge < -0.3 is 19.7 Å². The van der Waals surface area contributed by atoms with Gasteiger partial charge in [-0.05, 0) is 54.1 Å². The number of hydrogen-bond acceptors (Lipinski definition) is 5. The van der Waals surface area contributed by atoms with Gasteiger partial charge in [-0.1, -0.05) is 30.3 Å². The van der Waals surface area contributed by atoms with Crippen molar-refractivity contribution in [3.05, 3.63) is 84.4 Å². The Labute approximate surface area is 197 Å². The topological polar surface area (TPSA) is 88.2 Å². The third-order valence-electron chi connectivity index (χ3n) is 5.60. The molecule has 1 aliphatic rings. The molecule has 174 valence electrons. The maximum Gasteiger partial charge on any atom is 0.332 e. The monoisotopic (exact) mass is 459 g/mol. The number of amides is 4. The molecule has 0 radical (unpaired) electrons. The Balaban J connectivity index is 1.60. The van der Waals surface area contributed by atoms with Gasteiger partial charge in [-0.15, -0.1) is 0 Å². The molecule has 3 aromatic rings. The highest BCUT2D eigenvalue weighted by molar-refractivity contribution is 6.22. The Bertz CT molecular complexity index is 1160. The summed E-state index contributed by atoms with van der Waals surface area (Å²) in [5, 5.41) is 2.79. The van der Waals surface area contributed by atoms with E-state index >= 15 is 0 Å². The van der Waals surface area contributed by atoms with Gasteiger partial charge in [0.2, 0.25) is 5.91 Å². The van der Waals surface area contributed by atoms with Crippen LogP contribution in [0.4, 0.5) is 16.2 Å². The molecule has 0 saturated carbocycles. The Kier molecular flexibility index (Phi) is 6.77. The maximum absolute atomic E-state index is 13.4. The zero-order valence-corrected chi connectivity index (χ0v) is 18.9. The first kappa shape index (κ1) is 22.8. The highest BCUT2D eigenvalue weighted by atomic mass is 16.5. The fourth-order valence-electron chi connectivity index (χ4n) is 3.82. The Hall–Kier alpha value is -4.33. The summed E-state index contributed by atoms with van der Waals surface area (Å²) < 4.78 is 10.4. The van der Waals surface area contributed by atoms with Gasteiger partial charge >= 0.3 is 6.03 Å². The molecule has 3 aromatic carbocycles. The van der Waals surface area contributed by atoms with Gasteiger partial charge in [-0.25, -0.2) is 9.69 Å². The number of imide groups is 1. The Morgan fingerprint density at radius 3 is 2.03 bits per heavy atom. The molecule has 0 unspecified atom stereocenters. The minimum Gasteiger partial charge on any atom is -0.497 e. The van der Waals surface area contributed by atoms with Crippen molar-refractivity contribution in [2.75, 3.05) is 24.4 Å². The van der Waals surface area contributed by atoms with E-state index in [1.165, 1.54) is 4.90 Å². The zero-order chi connectivity index (χ0) is 24.1. The molecule has 8 heteroatoms. The van der Waals surface area contributed by atoms with Crippen LogP contribution < -0.4 is 19.7 Å². The number of para-hydroxylation sites is 1. The van der Waals surface area contributed by atoms with Crippen LogP contribution in [0.15, 0.2) is 78.9 Å². The van der Waals surface area contributed by atoms with Gasteiger partial charge in [0.15, 0.2) is 0 Å². The molecule has 0 aromatic heterocycles. The predicted octanol–water partition coefficient (Wildman–Crippen LogP) is 4.07. The fraction of sp³-hybridized carbons (Fsp3) is 0.192. The number of methoxy groups -OCH3 is 2. The highest BCUT2D eigenvalue weighted by Crippen LogP contribution is 2.30. The first-order chi connectivity index (χ1) is 16.5.